The van der Waals surface area contributed by atoms with Crippen molar-refractivity contribution < 1.29 is 14.3 Å². The fourth-order valence-corrected chi connectivity index (χ4v) is 5.22. The number of carbonyl (C=O) groups is 2. The summed E-state index contributed by atoms with van der Waals surface area (Å²) in [5, 5.41) is 2.70. The molecule has 3 atom stereocenters. The van der Waals surface area contributed by atoms with E-state index in [1.54, 1.807) is 6.33 Å². The number of nitrogens with one attached hydrogen (secondary N) is 3. The minimum Gasteiger partial charge on any atom is -0.453 e. The number of H-pyrrole nitrogens is 2. The number of alkyl carbamates (subject to hydrolysis) is 1. The van der Waals surface area contributed by atoms with Crippen LogP contribution in [-0.4, -0.2) is 56.5 Å². The van der Waals surface area contributed by atoms with E-state index in [2.05, 4.69) is 67.7 Å². The number of allylic oxidation sites excluding steroid dienone is 4. The van der Waals surface area contributed by atoms with Gasteiger partial charge in [0, 0.05) is 24.4 Å². The summed E-state index contributed by atoms with van der Waals surface area (Å²) in [6, 6.07) is 7.69. The molecule has 2 aromatic heterocycles. The van der Waals surface area contributed by atoms with E-state index in [-0.39, 0.29) is 23.8 Å². The van der Waals surface area contributed by atoms with Crippen LogP contribution in [0.4, 0.5) is 4.79 Å². The Morgan fingerprint density at radius 2 is 1.95 bits per heavy atom. The Kier molecular flexibility index (Phi) is 7.44. The molecule has 1 fully saturated rings. The van der Waals surface area contributed by atoms with Crippen molar-refractivity contribution in [1.29, 1.82) is 0 Å². The van der Waals surface area contributed by atoms with Crippen LogP contribution >= 0.6 is 0 Å². The average molecular weight is 515 g/mol. The molecule has 3 aromatic rings. The first kappa shape index (κ1) is 25.5. The Hall–Kier alpha value is -4.14. The highest BCUT2D eigenvalue weighted by Crippen LogP contribution is 2.34. The molecule has 3 heterocycles. The minimum atomic E-state index is -0.643. The van der Waals surface area contributed by atoms with Crippen molar-refractivity contribution in [3.63, 3.8) is 0 Å². The number of nitrogens with zero attached hydrogens (tertiary/aromatic N) is 3. The zero-order valence-electron chi connectivity index (χ0n) is 22.0. The quantitative estimate of drug-likeness (QED) is 0.412. The van der Waals surface area contributed by atoms with Crippen LogP contribution in [0.2, 0.25) is 0 Å². The van der Waals surface area contributed by atoms with E-state index in [9.17, 15) is 9.59 Å². The summed E-state index contributed by atoms with van der Waals surface area (Å²) in [6.45, 7) is 4.47. The minimum absolute atomic E-state index is 0.0648. The molecular weight excluding hydrogens is 480 g/mol. The van der Waals surface area contributed by atoms with Crippen LogP contribution in [0.3, 0.4) is 0 Å². The van der Waals surface area contributed by atoms with Gasteiger partial charge < -0.3 is 24.9 Å². The number of amides is 2. The molecule has 1 aliphatic heterocycles. The summed E-state index contributed by atoms with van der Waals surface area (Å²) in [5.74, 6) is 0.822. The topological polar surface area (TPSA) is 116 Å². The first-order valence-electron chi connectivity index (χ1n) is 13.1. The van der Waals surface area contributed by atoms with Crippen LogP contribution in [0.25, 0.3) is 16.8 Å². The molecule has 198 valence electrons. The van der Waals surface area contributed by atoms with Crippen LogP contribution in [0, 0.1) is 5.92 Å². The number of benzene rings is 1. The van der Waals surface area contributed by atoms with E-state index in [0.717, 1.165) is 42.0 Å². The maximum atomic E-state index is 13.4. The van der Waals surface area contributed by atoms with E-state index in [4.69, 9.17) is 4.74 Å². The van der Waals surface area contributed by atoms with Crippen LogP contribution in [0.5, 0.6) is 0 Å². The molecule has 0 saturated carbocycles. The molecule has 2 amide bonds. The lowest BCUT2D eigenvalue weighted by Crippen LogP contribution is -2.51. The van der Waals surface area contributed by atoms with Gasteiger partial charge in [0.25, 0.3) is 0 Å². The molecule has 5 rings (SSSR count). The number of hydrogen-bond donors (Lipinski definition) is 3. The van der Waals surface area contributed by atoms with Gasteiger partial charge in [0.1, 0.15) is 11.9 Å². The Labute approximate surface area is 222 Å². The molecule has 9 heteroatoms. The van der Waals surface area contributed by atoms with Crippen molar-refractivity contribution in [1.82, 2.24) is 30.2 Å². The second-order valence-electron chi connectivity index (χ2n) is 10.2. The van der Waals surface area contributed by atoms with E-state index < -0.39 is 12.1 Å². The number of methoxy groups -OCH3 is 1. The van der Waals surface area contributed by atoms with E-state index in [0.29, 0.717) is 6.54 Å². The third kappa shape index (κ3) is 5.27. The Morgan fingerprint density at radius 3 is 2.61 bits per heavy atom. The number of likely N-dealkylation sites (tertiary alicyclic amines) is 1. The molecule has 1 aliphatic carbocycles. The second kappa shape index (κ2) is 11.1. The monoisotopic (exact) mass is 514 g/mol. The van der Waals surface area contributed by atoms with Gasteiger partial charge in [0.05, 0.1) is 31.4 Å². The Balaban J connectivity index is 1.25. The third-order valence-electron chi connectivity index (χ3n) is 7.38. The van der Waals surface area contributed by atoms with E-state index in [1.165, 1.54) is 18.2 Å². The SMILES string of the molecule is COC(=O)N[C@H](C(=O)N1CCC[C@H]1c1ncc(C2C=CC(c3ccc(-c4cnc[nH]4)cc3)=CC2)[nH]1)C(C)C. The summed E-state index contributed by atoms with van der Waals surface area (Å²) in [5.41, 5.74) is 5.52. The van der Waals surface area contributed by atoms with Gasteiger partial charge in [-0.05, 0) is 41.9 Å². The second-order valence-corrected chi connectivity index (χ2v) is 10.2. The maximum absolute atomic E-state index is 13.4. The number of rotatable bonds is 7. The van der Waals surface area contributed by atoms with Gasteiger partial charge in [0.15, 0.2) is 0 Å². The van der Waals surface area contributed by atoms with Crippen LogP contribution in [0.15, 0.2) is 61.2 Å². The molecule has 0 radical (unpaired) electrons. The van der Waals surface area contributed by atoms with Crippen LogP contribution in [-0.2, 0) is 9.53 Å². The standard InChI is InChI=1S/C29H34N6O3/c1-18(2)26(34-29(37)38-3)28(36)35-14-4-5-25(35)27-31-16-24(33-27)22-12-8-20(9-13-22)19-6-10-21(11-7-19)23-15-30-17-32-23/h6-12,15-18,22,25-26H,4-5,13-14H2,1-3H3,(H,30,32)(H,31,33)(H,34,37)/t22?,25-,26-/m0/s1. The molecule has 1 aromatic carbocycles. The smallest absolute Gasteiger partial charge is 0.407 e. The number of ether oxygens (including phenoxy) is 1. The summed E-state index contributed by atoms with van der Waals surface area (Å²) in [7, 11) is 1.30. The number of imidazole rings is 2. The maximum Gasteiger partial charge on any atom is 0.407 e. The van der Waals surface area contributed by atoms with Gasteiger partial charge in [-0.2, -0.15) is 0 Å². The van der Waals surface area contributed by atoms with Crippen LogP contribution in [0.1, 0.15) is 62.2 Å². The summed E-state index contributed by atoms with van der Waals surface area (Å²) in [6.07, 6.45) is 14.0. The van der Waals surface area contributed by atoms with Gasteiger partial charge in [-0.25, -0.2) is 14.8 Å². The van der Waals surface area contributed by atoms with Crippen molar-refractivity contribution in [3.05, 3.63) is 78.3 Å². The average Bonchev–Trinajstić information content (AvgIpc) is 3.73. The Bertz CT molecular complexity index is 1320. The highest BCUT2D eigenvalue weighted by molar-refractivity contribution is 5.86. The van der Waals surface area contributed by atoms with Crippen LogP contribution < -0.4 is 5.32 Å². The molecule has 0 spiro atoms. The first-order valence-corrected chi connectivity index (χ1v) is 13.1. The highest BCUT2D eigenvalue weighted by Gasteiger charge is 2.37. The lowest BCUT2D eigenvalue weighted by atomic mass is 9.91. The number of aromatic amines is 2. The van der Waals surface area contributed by atoms with Crippen molar-refractivity contribution in [3.8, 4) is 11.3 Å². The fraction of sp³-hybridized carbons (Fsp3) is 0.379. The molecule has 9 nitrogen and oxygen atoms in total. The number of aromatic nitrogens is 4. The van der Waals surface area contributed by atoms with E-state index in [1.807, 2.05) is 31.1 Å². The lowest BCUT2D eigenvalue weighted by molar-refractivity contribution is -0.135. The summed E-state index contributed by atoms with van der Waals surface area (Å²) < 4.78 is 4.73. The molecule has 1 saturated heterocycles. The zero-order valence-corrected chi connectivity index (χ0v) is 22.0. The zero-order chi connectivity index (χ0) is 26.6. The van der Waals surface area contributed by atoms with Gasteiger partial charge in [0.2, 0.25) is 5.91 Å². The third-order valence-corrected chi connectivity index (χ3v) is 7.38. The molecule has 38 heavy (non-hydrogen) atoms. The lowest BCUT2D eigenvalue weighted by Gasteiger charge is -2.30. The van der Waals surface area contributed by atoms with Crippen molar-refractivity contribution in [2.24, 2.45) is 5.92 Å². The van der Waals surface area contributed by atoms with Gasteiger partial charge in [-0.1, -0.05) is 56.3 Å². The largest absolute Gasteiger partial charge is 0.453 e. The van der Waals surface area contributed by atoms with Crippen molar-refractivity contribution in [2.45, 2.75) is 51.1 Å². The molecule has 2 aliphatic rings. The number of hydrogen-bond acceptors (Lipinski definition) is 5. The van der Waals surface area contributed by atoms with Gasteiger partial charge in [-0.3, -0.25) is 4.79 Å². The van der Waals surface area contributed by atoms with Crippen molar-refractivity contribution >= 4 is 17.6 Å². The van der Waals surface area contributed by atoms with Crippen molar-refractivity contribution in [2.75, 3.05) is 13.7 Å². The molecule has 1 unspecified atom stereocenters. The molecule has 3 N–H and O–H groups in total. The van der Waals surface area contributed by atoms with Gasteiger partial charge in [-0.15, -0.1) is 0 Å². The molecule has 0 bridgehead atoms. The fourth-order valence-electron chi connectivity index (χ4n) is 5.22. The summed E-state index contributed by atoms with van der Waals surface area (Å²) in [4.78, 5) is 42.4. The number of carbonyl (C=O) groups excluding carboxylic acids is 2. The van der Waals surface area contributed by atoms with Gasteiger partial charge >= 0.3 is 6.09 Å². The predicted octanol–water partition coefficient (Wildman–Crippen LogP) is 4.97. The summed E-state index contributed by atoms with van der Waals surface area (Å²) >= 11 is 0. The van der Waals surface area contributed by atoms with E-state index >= 15 is 0 Å². The Morgan fingerprint density at radius 1 is 1.16 bits per heavy atom. The first-order chi connectivity index (χ1) is 18.4. The predicted molar refractivity (Wildman–Crippen MR) is 145 cm³/mol. The highest BCUT2D eigenvalue weighted by atomic mass is 16.5. The normalized spacial score (nSPS) is 19.9. The molecular formula is C29H34N6O3.